The van der Waals surface area contributed by atoms with Gasteiger partial charge < -0.3 is 9.30 Å². The van der Waals surface area contributed by atoms with Crippen molar-refractivity contribution >= 4 is 16.9 Å². The summed E-state index contributed by atoms with van der Waals surface area (Å²) in [6.07, 6.45) is 0.214. The Balaban J connectivity index is 2.38. The Bertz CT molecular complexity index is 875. The van der Waals surface area contributed by atoms with Crippen LogP contribution in [0.15, 0.2) is 17.1 Å². The Morgan fingerprint density at radius 2 is 2.09 bits per heavy atom. The highest BCUT2D eigenvalue weighted by Gasteiger charge is 2.40. The zero-order chi connectivity index (χ0) is 16.9. The van der Waals surface area contributed by atoms with Gasteiger partial charge in [0.2, 0.25) is 5.43 Å². The molecule has 4 nitrogen and oxygen atoms in total. The fraction of sp³-hybridized carbons (Fsp3) is 0.375. The van der Waals surface area contributed by atoms with Crippen molar-refractivity contribution in [2.24, 2.45) is 0 Å². The standard InChI is InChI=1S/C16H14F3NO3/c1-3-23-16(22)8-6-20(11-4-9(11)17)12-5-10(18)14(19)7(2)13(12)15(8)21/h5-6,9,11H,3-4H2,1-2H3. The molecule has 1 aromatic heterocycles. The second-order valence-electron chi connectivity index (χ2n) is 5.51. The number of carbonyl (C=O) groups is 1. The average Bonchev–Trinajstić information content (AvgIpc) is 3.21. The van der Waals surface area contributed by atoms with E-state index in [0.717, 1.165) is 6.07 Å². The van der Waals surface area contributed by atoms with Gasteiger partial charge in [0.25, 0.3) is 0 Å². The number of benzene rings is 1. The maximum Gasteiger partial charge on any atom is 0.343 e. The van der Waals surface area contributed by atoms with E-state index in [2.05, 4.69) is 0 Å². The molecule has 1 fully saturated rings. The van der Waals surface area contributed by atoms with Crippen LogP contribution in [0.3, 0.4) is 0 Å². The lowest BCUT2D eigenvalue weighted by molar-refractivity contribution is 0.0524. The zero-order valence-electron chi connectivity index (χ0n) is 12.5. The molecule has 2 atom stereocenters. The Labute approximate surface area is 129 Å². The highest BCUT2D eigenvalue weighted by atomic mass is 19.2. The van der Waals surface area contributed by atoms with Crippen molar-refractivity contribution in [3.05, 3.63) is 45.2 Å². The van der Waals surface area contributed by atoms with Crippen LogP contribution in [0.2, 0.25) is 0 Å². The molecule has 1 saturated carbocycles. The van der Waals surface area contributed by atoms with Crippen molar-refractivity contribution in [1.29, 1.82) is 0 Å². The number of ether oxygens (including phenoxy) is 1. The molecule has 1 aliphatic carbocycles. The quantitative estimate of drug-likeness (QED) is 0.815. The fourth-order valence-corrected chi connectivity index (χ4v) is 2.70. The average molecular weight is 325 g/mol. The molecule has 0 aliphatic heterocycles. The number of aromatic nitrogens is 1. The molecule has 1 heterocycles. The van der Waals surface area contributed by atoms with E-state index >= 15 is 0 Å². The van der Waals surface area contributed by atoms with Gasteiger partial charge in [0.1, 0.15) is 11.7 Å². The smallest absolute Gasteiger partial charge is 0.343 e. The summed E-state index contributed by atoms with van der Waals surface area (Å²) in [5, 5.41) is -0.131. The minimum absolute atomic E-state index is 0.0578. The Hall–Kier alpha value is -2.31. The summed E-state index contributed by atoms with van der Waals surface area (Å²) in [6.45, 7) is 2.89. The summed E-state index contributed by atoms with van der Waals surface area (Å²) in [6, 6.07) is 0.259. The molecular formula is C16H14F3NO3. The number of rotatable bonds is 3. The minimum atomic E-state index is -1.16. The van der Waals surface area contributed by atoms with Crippen molar-refractivity contribution in [3.63, 3.8) is 0 Å². The normalized spacial score (nSPS) is 19.9. The van der Waals surface area contributed by atoms with Gasteiger partial charge in [-0.1, -0.05) is 0 Å². The number of halogens is 3. The lowest BCUT2D eigenvalue weighted by atomic mass is 10.0. The third-order valence-electron chi connectivity index (χ3n) is 3.99. The topological polar surface area (TPSA) is 48.3 Å². The van der Waals surface area contributed by atoms with Crippen LogP contribution in [-0.2, 0) is 4.74 Å². The van der Waals surface area contributed by atoms with Gasteiger partial charge in [-0.25, -0.2) is 18.0 Å². The molecule has 0 spiro atoms. The minimum Gasteiger partial charge on any atom is -0.462 e. The number of pyridine rings is 1. The monoisotopic (exact) mass is 325 g/mol. The van der Waals surface area contributed by atoms with Crippen LogP contribution >= 0.6 is 0 Å². The summed E-state index contributed by atoms with van der Waals surface area (Å²) >= 11 is 0. The molecule has 23 heavy (non-hydrogen) atoms. The first-order chi connectivity index (χ1) is 10.9. The first-order valence-electron chi connectivity index (χ1n) is 7.21. The van der Waals surface area contributed by atoms with Crippen molar-refractivity contribution < 1.29 is 22.7 Å². The van der Waals surface area contributed by atoms with E-state index in [9.17, 15) is 22.8 Å². The Kier molecular flexibility index (Phi) is 3.66. The maximum absolute atomic E-state index is 13.8. The molecule has 7 heteroatoms. The van der Waals surface area contributed by atoms with Gasteiger partial charge in [0, 0.05) is 24.2 Å². The van der Waals surface area contributed by atoms with Crippen molar-refractivity contribution in [3.8, 4) is 0 Å². The van der Waals surface area contributed by atoms with E-state index in [-0.39, 0.29) is 35.1 Å². The maximum atomic E-state index is 13.8. The number of nitrogens with zero attached hydrogens (tertiary/aromatic N) is 1. The molecule has 3 rings (SSSR count). The molecule has 0 bridgehead atoms. The number of aryl methyl sites for hydroxylation is 1. The third kappa shape index (κ3) is 2.40. The van der Waals surface area contributed by atoms with Gasteiger partial charge in [0.15, 0.2) is 11.6 Å². The Morgan fingerprint density at radius 1 is 1.43 bits per heavy atom. The highest BCUT2D eigenvalue weighted by molar-refractivity contribution is 5.95. The predicted octanol–water partition coefficient (Wildman–Crippen LogP) is 3.05. The van der Waals surface area contributed by atoms with Crippen molar-refractivity contribution in [1.82, 2.24) is 4.57 Å². The highest BCUT2D eigenvalue weighted by Crippen LogP contribution is 2.41. The fourth-order valence-electron chi connectivity index (χ4n) is 2.70. The molecule has 0 saturated heterocycles. The van der Waals surface area contributed by atoms with E-state index < -0.39 is 35.2 Å². The van der Waals surface area contributed by atoms with Crippen molar-refractivity contribution in [2.75, 3.05) is 6.61 Å². The lowest BCUT2D eigenvalue weighted by Crippen LogP contribution is -2.22. The van der Waals surface area contributed by atoms with E-state index in [0.29, 0.717) is 0 Å². The summed E-state index contributed by atoms with van der Waals surface area (Å²) in [7, 11) is 0. The molecule has 122 valence electrons. The summed E-state index contributed by atoms with van der Waals surface area (Å²) in [5.74, 6) is -3.15. The third-order valence-corrected chi connectivity index (χ3v) is 3.99. The van der Waals surface area contributed by atoms with Gasteiger partial charge in [-0.15, -0.1) is 0 Å². The molecule has 0 N–H and O–H groups in total. The largest absolute Gasteiger partial charge is 0.462 e. The molecule has 0 radical (unpaired) electrons. The number of alkyl halides is 1. The molecule has 0 amide bonds. The Morgan fingerprint density at radius 3 is 2.65 bits per heavy atom. The molecule has 2 aromatic rings. The summed E-state index contributed by atoms with van der Waals surface area (Å²) in [4.78, 5) is 24.5. The number of esters is 1. The van der Waals surface area contributed by atoms with Gasteiger partial charge in [-0.2, -0.15) is 0 Å². The van der Waals surface area contributed by atoms with Crippen LogP contribution in [0.25, 0.3) is 10.9 Å². The van der Waals surface area contributed by atoms with Gasteiger partial charge >= 0.3 is 5.97 Å². The molecular weight excluding hydrogens is 311 g/mol. The number of hydrogen-bond donors (Lipinski definition) is 0. The van der Waals surface area contributed by atoms with Crippen LogP contribution in [0.1, 0.15) is 35.3 Å². The summed E-state index contributed by atoms with van der Waals surface area (Å²) < 4.78 is 47.1. The van der Waals surface area contributed by atoms with Crippen LogP contribution in [0.4, 0.5) is 13.2 Å². The first kappa shape index (κ1) is 15.6. The second kappa shape index (κ2) is 5.40. The molecule has 1 aliphatic rings. The van der Waals surface area contributed by atoms with Crippen LogP contribution in [-0.4, -0.2) is 23.3 Å². The lowest BCUT2D eigenvalue weighted by Gasteiger charge is -2.14. The van der Waals surface area contributed by atoms with Crippen molar-refractivity contribution in [2.45, 2.75) is 32.5 Å². The predicted molar refractivity (Wildman–Crippen MR) is 77.4 cm³/mol. The van der Waals surface area contributed by atoms with Crippen LogP contribution in [0.5, 0.6) is 0 Å². The number of hydrogen-bond acceptors (Lipinski definition) is 3. The van der Waals surface area contributed by atoms with Gasteiger partial charge in [0.05, 0.1) is 23.6 Å². The molecule has 2 unspecified atom stereocenters. The number of carbonyl (C=O) groups excluding carboxylic acids is 1. The second-order valence-corrected chi connectivity index (χ2v) is 5.51. The van der Waals surface area contributed by atoms with E-state index in [1.807, 2.05) is 0 Å². The number of fused-ring (bicyclic) bond motifs is 1. The van der Waals surface area contributed by atoms with E-state index in [4.69, 9.17) is 4.74 Å². The SMILES string of the molecule is CCOC(=O)c1cn(C2CC2F)c2cc(F)c(F)c(C)c2c1=O. The van der Waals surface area contributed by atoms with Gasteiger partial charge in [-0.3, -0.25) is 4.79 Å². The zero-order valence-corrected chi connectivity index (χ0v) is 12.5. The van der Waals surface area contributed by atoms with Crippen LogP contribution < -0.4 is 5.43 Å². The van der Waals surface area contributed by atoms with E-state index in [1.54, 1.807) is 6.92 Å². The first-order valence-corrected chi connectivity index (χ1v) is 7.21. The van der Waals surface area contributed by atoms with E-state index in [1.165, 1.54) is 17.7 Å². The molecule has 1 aromatic carbocycles. The van der Waals surface area contributed by atoms with Crippen LogP contribution in [0, 0.1) is 18.6 Å². The van der Waals surface area contributed by atoms with Gasteiger partial charge in [-0.05, 0) is 13.8 Å². The summed E-state index contributed by atoms with van der Waals surface area (Å²) in [5.41, 5.74) is -1.19.